The van der Waals surface area contributed by atoms with E-state index in [1.54, 1.807) is 28.6 Å². The zero-order valence-electron chi connectivity index (χ0n) is 11.3. The van der Waals surface area contributed by atoms with Crippen LogP contribution in [-0.4, -0.2) is 51.4 Å². The van der Waals surface area contributed by atoms with Crippen molar-refractivity contribution in [1.29, 1.82) is 0 Å². The Morgan fingerprint density at radius 1 is 1.00 bits per heavy atom. The first-order valence-corrected chi connectivity index (χ1v) is 7.62. The third kappa shape index (κ3) is 4.08. The molecular weight excluding hydrogens is 248 g/mol. The highest BCUT2D eigenvalue weighted by Crippen LogP contribution is 2.15. The van der Waals surface area contributed by atoms with Crippen molar-refractivity contribution in [3.63, 3.8) is 0 Å². The molecule has 0 spiro atoms. The molecule has 0 aliphatic carbocycles. The molecule has 0 atom stereocenters. The third-order valence-electron chi connectivity index (χ3n) is 2.65. The fourth-order valence-electron chi connectivity index (χ4n) is 1.65. The lowest BCUT2D eigenvalue weighted by Gasteiger charge is -2.23. The maximum atomic E-state index is 12.4. The van der Waals surface area contributed by atoms with Crippen molar-refractivity contribution in [2.75, 3.05) is 33.7 Å². The van der Waals surface area contributed by atoms with Gasteiger partial charge in [-0.25, -0.2) is 8.42 Å². The smallest absolute Gasteiger partial charge is 0.243 e. The van der Waals surface area contributed by atoms with Crippen molar-refractivity contribution < 1.29 is 8.42 Å². The molecule has 0 aliphatic rings. The van der Waals surface area contributed by atoms with Crippen LogP contribution < -0.4 is 0 Å². The van der Waals surface area contributed by atoms with E-state index in [0.717, 1.165) is 13.0 Å². The van der Waals surface area contributed by atoms with Gasteiger partial charge in [0.05, 0.1) is 4.90 Å². The topological polar surface area (TPSA) is 40.6 Å². The van der Waals surface area contributed by atoms with E-state index in [0.29, 0.717) is 18.0 Å². The van der Waals surface area contributed by atoms with Gasteiger partial charge in [-0.3, -0.25) is 0 Å². The van der Waals surface area contributed by atoms with Gasteiger partial charge in [0.2, 0.25) is 10.0 Å². The summed E-state index contributed by atoms with van der Waals surface area (Å²) in [6.45, 7) is 3.80. The molecule has 0 bridgehead atoms. The predicted molar refractivity (Wildman–Crippen MR) is 74.0 cm³/mol. The molecule has 0 aliphatic heterocycles. The van der Waals surface area contributed by atoms with E-state index in [1.165, 1.54) is 0 Å². The number of likely N-dealkylation sites (N-methyl/N-ethyl adjacent to an activating group) is 1. The van der Waals surface area contributed by atoms with E-state index in [4.69, 9.17) is 0 Å². The first-order valence-electron chi connectivity index (χ1n) is 6.18. The molecule has 0 aromatic heterocycles. The van der Waals surface area contributed by atoms with Crippen LogP contribution in [0, 0.1) is 0 Å². The Hall–Kier alpha value is -0.910. The first-order chi connectivity index (χ1) is 8.48. The van der Waals surface area contributed by atoms with Gasteiger partial charge in [0.1, 0.15) is 0 Å². The Kier molecular flexibility index (Phi) is 5.78. The quantitative estimate of drug-likeness (QED) is 0.756. The van der Waals surface area contributed by atoms with Crippen LogP contribution >= 0.6 is 0 Å². The largest absolute Gasteiger partial charge is 0.308 e. The molecule has 5 heteroatoms. The molecule has 4 nitrogen and oxygen atoms in total. The minimum absolute atomic E-state index is 0.372. The summed E-state index contributed by atoms with van der Waals surface area (Å²) in [5.41, 5.74) is 0. The molecule has 0 radical (unpaired) electrons. The van der Waals surface area contributed by atoms with Crippen LogP contribution in [0.3, 0.4) is 0 Å². The molecular formula is C13H22N2O2S. The Morgan fingerprint density at radius 2 is 1.61 bits per heavy atom. The lowest BCUT2D eigenvalue weighted by Crippen LogP contribution is -2.37. The summed E-state index contributed by atoms with van der Waals surface area (Å²) in [6.07, 6.45) is 0.819. The molecule has 102 valence electrons. The first kappa shape index (κ1) is 15.1. The van der Waals surface area contributed by atoms with Crippen LogP contribution in [0.1, 0.15) is 13.3 Å². The second-order valence-corrected chi connectivity index (χ2v) is 6.46. The van der Waals surface area contributed by atoms with Crippen molar-refractivity contribution >= 4 is 10.0 Å². The fourth-order valence-corrected chi connectivity index (χ4v) is 3.20. The van der Waals surface area contributed by atoms with Crippen LogP contribution in [0.15, 0.2) is 35.2 Å². The minimum Gasteiger partial charge on any atom is -0.308 e. The summed E-state index contributed by atoms with van der Waals surface area (Å²) in [6, 6.07) is 8.62. The van der Waals surface area contributed by atoms with E-state index < -0.39 is 10.0 Å². The molecule has 0 fully saturated rings. The highest BCUT2D eigenvalue weighted by Gasteiger charge is 2.22. The van der Waals surface area contributed by atoms with Crippen LogP contribution in [-0.2, 0) is 10.0 Å². The Labute approximate surface area is 110 Å². The second kappa shape index (κ2) is 6.87. The van der Waals surface area contributed by atoms with Crippen molar-refractivity contribution in [3.05, 3.63) is 30.3 Å². The molecule has 0 saturated heterocycles. The number of nitrogens with zero attached hydrogens (tertiary/aromatic N) is 2. The standard InChI is InChI=1S/C13H22N2O2S/c1-4-10-15(12-11-14(2)3)18(16,17)13-8-6-5-7-9-13/h5-9H,4,10-12H2,1-3H3. The number of hydrogen-bond donors (Lipinski definition) is 0. The summed E-state index contributed by atoms with van der Waals surface area (Å²) in [7, 11) is 0.535. The van der Waals surface area contributed by atoms with Crippen molar-refractivity contribution in [2.45, 2.75) is 18.2 Å². The van der Waals surface area contributed by atoms with Crippen LogP contribution in [0.2, 0.25) is 0 Å². The van der Waals surface area contributed by atoms with Gasteiger partial charge in [-0.1, -0.05) is 25.1 Å². The van der Waals surface area contributed by atoms with Crippen LogP contribution in [0.25, 0.3) is 0 Å². The fraction of sp³-hybridized carbons (Fsp3) is 0.538. The molecule has 0 N–H and O–H groups in total. The Morgan fingerprint density at radius 3 is 2.11 bits per heavy atom. The maximum Gasteiger partial charge on any atom is 0.243 e. The summed E-state index contributed by atoms with van der Waals surface area (Å²) in [5, 5.41) is 0. The van der Waals surface area contributed by atoms with Crippen LogP contribution in [0.5, 0.6) is 0 Å². The summed E-state index contributed by atoms with van der Waals surface area (Å²) < 4.78 is 26.4. The SMILES string of the molecule is CCCN(CCN(C)C)S(=O)(=O)c1ccccc1. The third-order valence-corrected chi connectivity index (χ3v) is 4.56. The monoisotopic (exact) mass is 270 g/mol. The zero-order chi connectivity index (χ0) is 13.6. The van der Waals surface area contributed by atoms with E-state index in [1.807, 2.05) is 32.0 Å². The Bertz CT molecular complexity index is 443. The molecule has 1 aromatic carbocycles. The van der Waals surface area contributed by atoms with E-state index in [-0.39, 0.29) is 0 Å². The normalized spacial score (nSPS) is 12.3. The maximum absolute atomic E-state index is 12.4. The van der Waals surface area contributed by atoms with E-state index >= 15 is 0 Å². The van der Waals surface area contributed by atoms with Crippen molar-refractivity contribution in [1.82, 2.24) is 9.21 Å². The van der Waals surface area contributed by atoms with Gasteiger partial charge in [-0.15, -0.1) is 0 Å². The minimum atomic E-state index is -3.35. The van der Waals surface area contributed by atoms with Gasteiger partial charge >= 0.3 is 0 Å². The molecule has 0 heterocycles. The number of benzene rings is 1. The van der Waals surface area contributed by atoms with Gasteiger partial charge in [0, 0.05) is 19.6 Å². The van der Waals surface area contributed by atoms with E-state index in [9.17, 15) is 8.42 Å². The lowest BCUT2D eigenvalue weighted by atomic mass is 10.4. The van der Waals surface area contributed by atoms with Crippen LogP contribution in [0.4, 0.5) is 0 Å². The van der Waals surface area contributed by atoms with Gasteiger partial charge in [0.25, 0.3) is 0 Å². The summed E-state index contributed by atoms with van der Waals surface area (Å²) in [4.78, 5) is 2.36. The zero-order valence-corrected chi connectivity index (χ0v) is 12.2. The van der Waals surface area contributed by atoms with Gasteiger partial charge in [-0.05, 0) is 32.6 Å². The van der Waals surface area contributed by atoms with E-state index in [2.05, 4.69) is 0 Å². The lowest BCUT2D eigenvalue weighted by molar-refractivity contribution is 0.333. The molecule has 1 rings (SSSR count). The summed E-state index contributed by atoms with van der Waals surface area (Å²) in [5.74, 6) is 0. The molecule has 0 saturated carbocycles. The molecule has 0 unspecified atom stereocenters. The molecule has 0 amide bonds. The highest BCUT2D eigenvalue weighted by atomic mass is 32.2. The number of hydrogen-bond acceptors (Lipinski definition) is 3. The number of sulfonamides is 1. The van der Waals surface area contributed by atoms with Gasteiger partial charge < -0.3 is 4.90 Å². The number of rotatable bonds is 7. The molecule has 1 aromatic rings. The van der Waals surface area contributed by atoms with Gasteiger partial charge in [-0.2, -0.15) is 4.31 Å². The average Bonchev–Trinajstić information content (AvgIpc) is 2.35. The average molecular weight is 270 g/mol. The van der Waals surface area contributed by atoms with Gasteiger partial charge in [0.15, 0.2) is 0 Å². The second-order valence-electron chi connectivity index (χ2n) is 4.52. The predicted octanol–water partition coefficient (Wildman–Crippen LogP) is 1.65. The molecule has 18 heavy (non-hydrogen) atoms. The Balaban J connectivity index is 2.90. The highest BCUT2D eigenvalue weighted by molar-refractivity contribution is 7.89. The van der Waals surface area contributed by atoms with Crippen molar-refractivity contribution in [2.24, 2.45) is 0 Å². The summed E-state index contributed by atoms with van der Waals surface area (Å²) >= 11 is 0. The van der Waals surface area contributed by atoms with Crippen molar-refractivity contribution in [3.8, 4) is 0 Å².